The van der Waals surface area contributed by atoms with E-state index in [2.05, 4.69) is 36.1 Å². The first-order valence-electron chi connectivity index (χ1n) is 8.26. The standard InChI is InChI=1S/C18H28N2/c1-14-4-2-3-5-17(14)18(19)10-11-20(12-15-6-7-15)13-16-8-9-16/h2-5,15-16,18H,6-13,19H2,1H3. The maximum absolute atomic E-state index is 6.41. The highest BCUT2D eigenvalue weighted by Gasteiger charge is 2.29. The maximum atomic E-state index is 6.41. The van der Waals surface area contributed by atoms with Gasteiger partial charge >= 0.3 is 0 Å². The third-order valence-electron chi connectivity index (χ3n) is 4.77. The van der Waals surface area contributed by atoms with Crippen molar-refractivity contribution in [2.75, 3.05) is 19.6 Å². The Bertz CT molecular complexity index is 421. The van der Waals surface area contributed by atoms with Gasteiger partial charge < -0.3 is 10.6 Å². The van der Waals surface area contributed by atoms with Crippen LogP contribution in [0.1, 0.15) is 49.3 Å². The Morgan fingerprint density at radius 2 is 1.70 bits per heavy atom. The van der Waals surface area contributed by atoms with Gasteiger partial charge in [0.25, 0.3) is 0 Å². The van der Waals surface area contributed by atoms with Gasteiger partial charge in [-0.05, 0) is 68.5 Å². The van der Waals surface area contributed by atoms with Crippen LogP contribution < -0.4 is 5.73 Å². The highest BCUT2D eigenvalue weighted by atomic mass is 15.1. The molecule has 2 nitrogen and oxygen atoms in total. The van der Waals surface area contributed by atoms with Gasteiger partial charge in [-0.25, -0.2) is 0 Å². The number of nitrogens with two attached hydrogens (primary N) is 1. The van der Waals surface area contributed by atoms with Crippen LogP contribution in [0.15, 0.2) is 24.3 Å². The molecule has 2 N–H and O–H groups in total. The first-order chi connectivity index (χ1) is 9.72. The van der Waals surface area contributed by atoms with Crippen LogP contribution in [0.3, 0.4) is 0 Å². The predicted molar refractivity (Wildman–Crippen MR) is 84.6 cm³/mol. The molecule has 2 aliphatic rings. The topological polar surface area (TPSA) is 29.3 Å². The Balaban J connectivity index is 1.51. The molecule has 2 heteroatoms. The second-order valence-electron chi connectivity index (χ2n) is 6.90. The molecule has 0 spiro atoms. The molecule has 0 radical (unpaired) electrons. The van der Waals surface area contributed by atoms with E-state index in [-0.39, 0.29) is 6.04 Å². The molecule has 1 unspecified atom stereocenters. The summed E-state index contributed by atoms with van der Waals surface area (Å²) in [5, 5.41) is 0. The zero-order valence-corrected chi connectivity index (χ0v) is 12.7. The smallest absolute Gasteiger partial charge is 0.0309 e. The lowest BCUT2D eigenvalue weighted by Gasteiger charge is -2.24. The summed E-state index contributed by atoms with van der Waals surface area (Å²) in [7, 11) is 0. The fourth-order valence-electron chi connectivity index (χ4n) is 3.07. The van der Waals surface area contributed by atoms with Gasteiger partial charge in [0.15, 0.2) is 0 Å². The fraction of sp³-hybridized carbons (Fsp3) is 0.667. The molecule has 2 fully saturated rings. The van der Waals surface area contributed by atoms with E-state index >= 15 is 0 Å². The fourth-order valence-corrected chi connectivity index (χ4v) is 3.07. The molecule has 0 aromatic heterocycles. The molecule has 0 heterocycles. The molecule has 3 rings (SSSR count). The highest BCUT2D eigenvalue weighted by Crippen LogP contribution is 2.34. The molecule has 1 aromatic rings. The molecular weight excluding hydrogens is 244 g/mol. The van der Waals surface area contributed by atoms with Crippen molar-refractivity contribution in [2.24, 2.45) is 17.6 Å². The summed E-state index contributed by atoms with van der Waals surface area (Å²) in [4.78, 5) is 2.69. The SMILES string of the molecule is Cc1ccccc1C(N)CCN(CC1CC1)CC1CC1. The molecule has 0 amide bonds. The second-order valence-corrected chi connectivity index (χ2v) is 6.90. The summed E-state index contributed by atoms with van der Waals surface area (Å²) in [6, 6.07) is 8.75. The first kappa shape index (κ1) is 14.1. The summed E-state index contributed by atoms with van der Waals surface area (Å²) in [6.07, 6.45) is 6.89. The summed E-state index contributed by atoms with van der Waals surface area (Å²) >= 11 is 0. The molecule has 20 heavy (non-hydrogen) atoms. The van der Waals surface area contributed by atoms with Crippen molar-refractivity contribution < 1.29 is 0 Å². The van der Waals surface area contributed by atoms with Gasteiger partial charge in [0.1, 0.15) is 0 Å². The third kappa shape index (κ3) is 4.07. The van der Waals surface area contributed by atoms with E-state index in [4.69, 9.17) is 5.73 Å². The molecule has 0 bridgehead atoms. The third-order valence-corrected chi connectivity index (χ3v) is 4.77. The van der Waals surface area contributed by atoms with Crippen LogP contribution in [0.2, 0.25) is 0 Å². The Labute approximate surface area is 123 Å². The minimum Gasteiger partial charge on any atom is -0.324 e. The van der Waals surface area contributed by atoms with Gasteiger partial charge in [-0.3, -0.25) is 0 Å². The largest absolute Gasteiger partial charge is 0.324 e. The van der Waals surface area contributed by atoms with E-state index in [0.29, 0.717) is 0 Å². The van der Waals surface area contributed by atoms with Crippen molar-refractivity contribution in [2.45, 2.75) is 45.1 Å². The molecule has 2 saturated carbocycles. The maximum Gasteiger partial charge on any atom is 0.0309 e. The van der Waals surface area contributed by atoms with E-state index in [0.717, 1.165) is 18.3 Å². The molecule has 1 aromatic carbocycles. The molecule has 2 aliphatic carbocycles. The van der Waals surface area contributed by atoms with Crippen LogP contribution in [0.25, 0.3) is 0 Å². The van der Waals surface area contributed by atoms with E-state index in [1.807, 2.05) is 0 Å². The predicted octanol–water partition coefficient (Wildman–Crippen LogP) is 3.51. The highest BCUT2D eigenvalue weighted by molar-refractivity contribution is 5.28. The number of benzene rings is 1. The summed E-state index contributed by atoms with van der Waals surface area (Å²) in [5.74, 6) is 1.98. The van der Waals surface area contributed by atoms with Crippen LogP contribution >= 0.6 is 0 Å². The monoisotopic (exact) mass is 272 g/mol. The normalized spacial score (nSPS) is 20.4. The van der Waals surface area contributed by atoms with Crippen molar-refractivity contribution in [3.8, 4) is 0 Å². The quantitative estimate of drug-likeness (QED) is 0.784. The van der Waals surface area contributed by atoms with Gasteiger partial charge in [-0.1, -0.05) is 24.3 Å². The van der Waals surface area contributed by atoms with Crippen LogP contribution in [0.4, 0.5) is 0 Å². The molecule has 1 atom stereocenters. The number of rotatable bonds is 8. The number of hydrogen-bond acceptors (Lipinski definition) is 2. The van der Waals surface area contributed by atoms with E-state index in [1.165, 1.54) is 56.4 Å². The molecule has 0 aliphatic heterocycles. The van der Waals surface area contributed by atoms with Crippen molar-refractivity contribution >= 4 is 0 Å². The number of nitrogens with zero attached hydrogens (tertiary/aromatic N) is 1. The molecule has 110 valence electrons. The lowest BCUT2D eigenvalue weighted by molar-refractivity contribution is 0.243. The van der Waals surface area contributed by atoms with Crippen LogP contribution in [0.5, 0.6) is 0 Å². The molecular formula is C18H28N2. The van der Waals surface area contributed by atoms with Gasteiger partial charge in [0.05, 0.1) is 0 Å². The van der Waals surface area contributed by atoms with Crippen LogP contribution in [0, 0.1) is 18.8 Å². The minimum atomic E-state index is 0.192. The average Bonchev–Trinajstić information content (AvgIpc) is 3.32. The van der Waals surface area contributed by atoms with Gasteiger partial charge in [-0.15, -0.1) is 0 Å². The lowest BCUT2D eigenvalue weighted by atomic mass is 9.99. The summed E-state index contributed by atoms with van der Waals surface area (Å²) in [6.45, 7) is 5.97. The van der Waals surface area contributed by atoms with Crippen LogP contribution in [-0.4, -0.2) is 24.5 Å². The second kappa shape index (κ2) is 6.28. The summed E-state index contributed by atoms with van der Waals surface area (Å²) in [5.41, 5.74) is 9.06. The lowest BCUT2D eigenvalue weighted by Crippen LogP contribution is -2.31. The Kier molecular flexibility index (Phi) is 4.42. The Hall–Kier alpha value is -0.860. The van der Waals surface area contributed by atoms with E-state index in [1.54, 1.807) is 0 Å². The summed E-state index contributed by atoms with van der Waals surface area (Å²) < 4.78 is 0. The van der Waals surface area contributed by atoms with Gasteiger partial charge in [0, 0.05) is 19.1 Å². The zero-order valence-electron chi connectivity index (χ0n) is 12.7. The number of hydrogen-bond donors (Lipinski definition) is 1. The average molecular weight is 272 g/mol. The van der Waals surface area contributed by atoms with Crippen LogP contribution in [-0.2, 0) is 0 Å². The first-order valence-corrected chi connectivity index (χ1v) is 8.26. The van der Waals surface area contributed by atoms with E-state index < -0.39 is 0 Å². The van der Waals surface area contributed by atoms with Crippen molar-refractivity contribution in [1.29, 1.82) is 0 Å². The van der Waals surface area contributed by atoms with Crippen molar-refractivity contribution in [3.63, 3.8) is 0 Å². The Morgan fingerprint density at radius 3 is 2.25 bits per heavy atom. The van der Waals surface area contributed by atoms with Crippen molar-refractivity contribution in [1.82, 2.24) is 4.90 Å². The Morgan fingerprint density at radius 1 is 1.10 bits per heavy atom. The number of aryl methyl sites for hydroxylation is 1. The zero-order chi connectivity index (χ0) is 13.9. The van der Waals surface area contributed by atoms with Crippen molar-refractivity contribution in [3.05, 3.63) is 35.4 Å². The molecule has 0 saturated heterocycles. The van der Waals surface area contributed by atoms with Gasteiger partial charge in [-0.2, -0.15) is 0 Å². The van der Waals surface area contributed by atoms with E-state index in [9.17, 15) is 0 Å². The van der Waals surface area contributed by atoms with Gasteiger partial charge in [0.2, 0.25) is 0 Å². The minimum absolute atomic E-state index is 0.192.